The van der Waals surface area contributed by atoms with E-state index in [0.717, 1.165) is 0 Å². The Labute approximate surface area is 74.7 Å². The first-order chi connectivity index (χ1) is 5.09. The highest BCUT2D eigenvalue weighted by Crippen LogP contribution is 2.15. The van der Waals surface area contributed by atoms with Crippen molar-refractivity contribution in [3.05, 3.63) is 28.0 Å². The van der Waals surface area contributed by atoms with E-state index in [1.807, 2.05) is 0 Å². The minimum Gasteiger partial charge on any atom is -0.303 e. The number of nitrogens with zero attached hydrogens (tertiary/aromatic N) is 1. The number of nitrogens with one attached hydrogen (secondary N) is 1. The minimum atomic E-state index is 0.319. The van der Waals surface area contributed by atoms with Crippen LogP contribution in [0.5, 0.6) is 0 Å². The summed E-state index contributed by atoms with van der Waals surface area (Å²) in [6.45, 7) is 1.63. The van der Waals surface area contributed by atoms with Gasteiger partial charge in [0.2, 0.25) is 0 Å². The Kier molecular flexibility index (Phi) is 2.47. The van der Waals surface area contributed by atoms with Crippen LogP contribution in [-0.2, 0) is 0 Å². The van der Waals surface area contributed by atoms with Crippen molar-refractivity contribution in [1.29, 1.82) is 5.41 Å². The summed E-state index contributed by atoms with van der Waals surface area (Å²) in [5.74, 6) is 0. The van der Waals surface area contributed by atoms with E-state index in [2.05, 4.69) is 4.98 Å². The van der Waals surface area contributed by atoms with Crippen LogP contribution in [0.1, 0.15) is 12.6 Å². The van der Waals surface area contributed by atoms with Crippen molar-refractivity contribution in [3.63, 3.8) is 0 Å². The van der Waals surface area contributed by atoms with Crippen molar-refractivity contribution in [2.24, 2.45) is 0 Å². The van der Waals surface area contributed by atoms with Crippen molar-refractivity contribution in [2.45, 2.75) is 6.92 Å². The number of hydrogen-bond acceptors (Lipinski definition) is 2. The van der Waals surface area contributed by atoms with Crippen molar-refractivity contribution < 1.29 is 0 Å². The Morgan fingerprint density at radius 3 is 2.55 bits per heavy atom. The highest BCUT2D eigenvalue weighted by molar-refractivity contribution is 6.34. The molecule has 58 valence electrons. The lowest BCUT2D eigenvalue weighted by Crippen LogP contribution is -1.95. The van der Waals surface area contributed by atoms with Gasteiger partial charge in [-0.25, -0.2) is 4.98 Å². The van der Waals surface area contributed by atoms with Gasteiger partial charge in [-0.2, -0.15) is 0 Å². The van der Waals surface area contributed by atoms with Gasteiger partial charge in [0.05, 0.1) is 11.4 Å². The van der Waals surface area contributed by atoms with E-state index in [-0.39, 0.29) is 0 Å². The smallest absolute Gasteiger partial charge is 0.131 e. The van der Waals surface area contributed by atoms with Gasteiger partial charge in [-0.1, -0.05) is 23.2 Å². The molecule has 0 aromatic carbocycles. The van der Waals surface area contributed by atoms with E-state index in [1.54, 1.807) is 13.0 Å². The quantitative estimate of drug-likeness (QED) is 0.535. The Morgan fingerprint density at radius 2 is 2.09 bits per heavy atom. The molecule has 0 atom stereocenters. The summed E-state index contributed by atoms with van der Waals surface area (Å²) in [4.78, 5) is 3.89. The predicted molar refractivity (Wildman–Crippen MR) is 46.8 cm³/mol. The number of halogens is 2. The van der Waals surface area contributed by atoms with Crippen LogP contribution in [0, 0.1) is 5.41 Å². The molecule has 0 aliphatic heterocycles. The summed E-state index contributed by atoms with van der Waals surface area (Å²) in [7, 11) is 0. The zero-order chi connectivity index (χ0) is 8.43. The maximum Gasteiger partial charge on any atom is 0.131 e. The summed E-state index contributed by atoms with van der Waals surface area (Å²) in [6.07, 6.45) is 0. The van der Waals surface area contributed by atoms with Crippen LogP contribution in [0.15, 0.2) is 12.1 Å². The van der Waals surface area contributed by atoms with Crippen LogP contribution in [0.3, 0.4) is 0 Å². The molecule has 0 aliphatic rings. The summed E-state index contributed by atoms with van der Waals surface area (Å²) < 4.78 is 0. The number of rotatable bonds is 1. The predicted octanol–water partition coefficient (Wildman–Crippen LogP) is 2.78. The molecule has 0 spiro atoms. The molecule has 0 radical (unpaired) electrons. The maximum absolute atomic E-state index is 7.25. The Balaban J connectivity index is 3.19. The highest BCUT2D eigenvalue weighted by Gasteiger charge is 2.00. The molecule has 2 nitrogen and oxygen atoms in total. The van der Waals surface area contributed by atoms with E-state index >= 15 is 0 Å². The van der Waals surface area contributed by atoms with Crippen LogP contribution in [0.2, 0.25) is 10.2 Å². The largest absolute Gasteiger partial charge is 0.303 e. The second-order valence-corrected chi connectivity index (χ2v) is 2.94. The molecule has 0 bridgehead atoms. The molecule has 1 aromatic heterocycles. The third-order valence-corrected chi connectivity index (χ3v) is 1.55. The molecule has 11 heavy (non-hydrogen) atoms. The van der Waals surface area contributed by atoms with E-state index in [1.165, 1.54) is 6.07 Å². The summed E-state index contributed by atoms with van der Waals surface area (Å²) in [5.41, 5.74) is 0.872. The van der Waals surface area contributed by atoms with Gasteiger partial charge in [-0.05, 0) is 19.1 Å². The SMILES string of the molecule is CC(=N)c1cc(Cl)cc(Cl)n1. The van der Waals surface area contributed by atoms with Crippen molar-refractivity contribution in [1.82, 2.24) is 4.98 Å². The van der Waals surface area contributed by atoms with Gasteiger partial charge in [-0.15, -0.1) is 0 Å². The van der Waals surface area contributed by atoms with Gasteiger partial charge >= 0.3 is 0 Å². The summed E-state index contributed by atoms with van der Waals surface area (Å²) in [6, 6.07) is 3.14. The molecule has 0 saturated carbocycles. The zero-order valence-electron chi connectivity index (χ0n) is 5.86. The first-order valence-electron chi connectivity index (χ1n) is 2.98. The van der Waals surface area contributed by atoms with Gasteiger partial charge in [0.15, 0.2) is 0 Å². The van der Waals surface area contributed by atoms with Gasteiger partial charge in [-0.3, -0.25) is 0 Å². The second kappa shape index (κ2) is 3.20. The van der Waals surface area contributed by atoms with Crippen LogP contribution in [0.25, 0.3) is 0 Å². The van der Waals surface area contributed by atoms with Crippen molar-refractivity contribution in [3.8, 4) is 0 Å². The Morgan fingerprint density at radius 1 is 1.45 bits per heavy atom. The zero-order valence-corrected chi connectivity index (χ0v) is 7.37. The van der Waals surface area contributed by atoms with Crippen LogP contribution in [-0.4, -0.2) is 10.7 Å². The van der Waals surface area contributed by atoms with Crippen molar-refractivity contribution in [2.75, 3.05) is 0 Å². The van der Waals surface area contributed by atoms with Gasteiger partial charge in [0.1, 0.15) is 5.15 Å². The fraction of sp³-hybridized carbons (Fsp3) is 0.143. The molecule has 4 heteroatoms. The Bertz CT molecular complexity index is 276. The Hall–Kier alpha value is -0.600. The molecule has 0 aliphatic carbocycles. The van der Waals surface area contributed by atoms with E-state index < -0.39 is 0 Å². The van der Waals surface area contributed by atoms with Crippen LogP contribution in [0.4, 0.5) is 0 Å². The molecule has 1 rings (SSSR count). The third kappa shape index (κ3) is 2.17. The third-order valence-electron chi connectivity index (χ3n) is 1.14. The van der Waals surface area contributed by atoms with E-state index in [4.69, 9.17) is 28.6 Å². The fourth-order valence-electron chi connectivity index (χ4n) is 0.658. The first-order valence-corrected chi connectivity index (χ1v) is 3.74. The molecule has 1 N–H and O–H groups in total. The number of hydrogen-bond donors (Lipinski definition) is 1. The van der Waals surface area contributed by atoms with Gasteiger partial charge in [0.25, 0.3) is 0 Å². The molecule has 0 fully saturated rings. The number of pyridine rings is 1. The van der Waals surface area contributed by atoms with Crippen LogP contribution >= 0.6 is 23.2 Å². The lowest BCUT2D eigenvalue weighted by Gasteiger charge is -1.98. The molecule has 0 unspecified atom stereocenters. The summed E-state index contributed by atoms with van der Waals surface area (Å²) in [5, 5.41) is 8.07. The summed E-state index contributed by atoms with van der Waals surface area (Å²) >= 11 is 11.3. The fourth-order valence-corrected chi connectivity index (χ4v) is 1.13. The van der Waals surface area contributed by atoms with E-state index in [0.29, 0.717) is 21.6 Å². The molecule has 0 amide bonds. The number of aromatic nitrogens is 1. The van der Waals surface area contributed by atoms with Gasteiger partial charge < -0.3 is 5.41 Å². The average molecular weight is 189 g/mol. The first kappa shape index (κ1) is 8.50. The van der Waals surface area contributed by atoms with Crippen molar-refractivity contribution >= 4 is 28.9 Å². The standard InChI is InChI=1S/C7H6Cl2N2/c1-4(10)6-2-5(8)3-7(9)11-6/h2-3,10H,1H3. The molecule has 1 aromatic rings. The maximum atomic E-state index is 7.25. The molecule has 0 saturated heterocycles. The lowest BCUT2D eigenvalue weighted by atomic mass is 10.3. The molecular weight excluding hydrogens is 183 g/mol. The monoisotopic (exact) mass is 188 g/mol. The normalized spacial score (nSPS) is 9.73. The molecular formula is C7H6Cl2N2. The van der Waals surface area contributed by atoms with Gasteiger partial charge in [0, 0.05) is 5.02 Å². The van der Waals surface area contributed by atoms with E-state index in [9.17, 15) is 0 Å². The average Bonchev–Trinajstić information content (AvgIpc) is 1.85. The lowest BCUT2D eigenvalue weighted by molar-refractivity contribution is 1.27. The van der Waals surface area contributed by atoms with Crippen LogP contribution < -0.4 is 0 Å². The highest BCUT2D eigenvalue weighted by atomic mass is 35.5. The second-order valence-electron chi connectivity index (χ2n) is 2.12. The topological polar surface area (TPSA) is 36.7 Å². The minimum absolute atomic E-state index is 0.319. The molecule has 1 heterocycles.